The molecule has 5 nitrogen and oxygen atoms in total. The van der Waals surface area contributed by atoms with Gasteiger partial charge in [0.2, 0.25) is 10.0 Å². The van der Waals surface area contributed by atoms with Gasteiger partial charge in [0, 0.05) is 5.56 Å². The Balaban J connectivity index is 3.22. The molecule has 4 N–H and O–H groups in total. The molecule has 0 aliphatic carbocycles. The summed E-state index contributed by atoms with van der Waals surface area (Å²) in [6.45, 7) is 0. The fraction of sp³-hybridized carbons (Fsp3) is 0. The first kappa shape index (κ1) is 12.5. The summed E-state index contributed by atoms with van der Waals surface area (Å²) < 4.78 is 22.0. The Hall–Kier alpha value is -1.55. The lowest BCUT2D eigenvalue weighted by molar-refractivity contribution is -0.112. The van der Waals surface area contributed by atoms with Crippen molar-refractivity contribution in [2.75, 3.05) is 0 Å². The number of sulfonamides is 1. The van der Waals surface area contributed by atoms with Crippen LogP contribution in [-0.4, -0.2) is 14.3 Å². The quantitative estimate of drug-likeness (QED) is 0.683. The van der Waals surface area contributed by atoms with Crippen LogP contribution in [0.3, 0.4) is 0 Å². The average molecular weight is 259 g/mol. The molecule has 0 aliphatic rings. The number of hydrogen-bond donors (Lipinski definition) is 2. The van der Waals surface area contributed by atoms with Crippen LogP contribution >= 0.6 is 11.6 Å². The Morgan fingerprint density at radius 2 is 2.00 bits per heavy atom. The number of halogens is 1. The summed E-state index contributed by atoms with van der Waals surface area (Å²) in [5.41, 5.74) is 5.19. The summed E-state index contributed by atoms with van der Waals surface area (Å²) in [7, 11) is -3.85. The maximum Gasteiger partial charge on any atom is 0.293 e. The minimum atomic E-state index is -3.85. The van der Waals surface area contributed by atoms with Crippen molar-refractivity contribution in [2.45, 2.75) is 4.90 Å². The van der Waals surface area contributed by atoms with Crippen LogP contribution in [0.25, 0.3) is 0 Å². The van der Waals surface area contributed by atoms with E-state index in [4.69, 9.17) is 22.5 Å². The maximum atomic E-state index is 11.0. The highest BCUT2D eigenvalue weighted by molar-refractivity contribution is 7.89. The number of nitrogens with two attached hydrogens (primary N) is 2. The van der Waals surface area contributed by atoms with Crippen molar-refractivity contribution in [1.29, 1.82) is 0 Å². The van der Waals surface area contributed by atoms with Gasteiger partial charge in [-0.3, -0.25) is 4.79 Å². The second-order valence-electron chi connectivity index (χ2n) is 2.80. The third-order valence-electron chi connectivity index (χ3n) is 1.57. The maximum absolute atomic E-state index is 11.0. The highest BCUT2D eigenvalue weighted by Crippen LogP contribution is 2.20. The first-order chi connectivity index (χ1) is 7.30. The van der Waals surface area contributed by atoms with Gasteiger partial charge >= 0.3 is 0 Å². The zero-order valence-corrected chi connectivity index (χ0v) is 9.47. The lowest BCUT2D eigenvalue weighted by Crippen LogP contribution is -2.12. The van der Waals surface area contributed by atoms with E-state index in [1.165, 1.54) is 18.2 Å². The molecule has 0 unspecified atom stereocenters. The number of carbonyl (C=O) groups excluding carboxylic acids is 1. The van der Waals surface area contributed by atoms with Gasteiger partial charge < -0.3 is 5.73 Å². The van der Waals surface area contributed by atoms with Crippen LogP contribution in [0.2, 0.25) is 5.02 Å². The van der Waals surface area contributed by atoms with E-state index in [0.717, 1.165) is 0 Å². The first-order valence-corrected chi connectivity index (χ1v) is 5.87. The van der Waals surface area contributed by atoms with Crippen molar-refractivity contribution in [2.24, 2.45) is 10.9 Å². The molecule has 84 valence electrons. The molecule has 0 atom stereocenters. The summed E-state index contributed by atoms with van der Waals surface area (Å²) in [5, 5.41) is 4.85. The summed E-state index contributed by atoms with van der Waals surface area (Å²) in [6, 6.07) is 3.88. The monoisotopic (exact) mass is 258 g/mol. The van der Waals surface area contributed by atoms with Crippen molar-refractivity contribution < 1.29 is 13.2 Å². The molecular weight excluding hydrogens is 252 g/mol. The Kier molecular flexibility index (Phi) is 3.55. The van der Waals surface area contributed by atoms with Crippen molar-refractivity contribution in [3.8, 4) is 11.8 Å². The predicted molar refractivity (Wildman–Crippen MR) is 58.9 cm³/mol. The zero-order chi connectivity index (χ0) is 12.3. The van der Waals surface area contributed by atoms with Crippen LogP contribution in [0, 0.1) is 11.8 Å². The summed E-state index contributed by atoms with van der Waals surface area (Å²) in [6.07, 6.45) is 0. The first-order valence-electron chi connectivity index (χ1n) is 3.94. The molecule has 1 aromatic rings. The molecule has 1 amide bonds. The largest absolute Gasteiger partial charge is 0.359 e. The normalized spacial score (nSPS) is 10.4. The number of hydrogen-bond acceptors (Lipinski definition) is 3. The Labute approximate surface area is 97.4 Å². The van der Waals surface area contributed by atoms with Crippen molar-refractivity contribution >= 4 is 27.5 Å². The van der Waals surface area contributed by atoms with Crippen molar-refractivity contribution in [3.63, 3.8) is 0 Å². The van der Waals surface area contributed by atoms with E-state index in [0.29, 0.717) is 5.56 Å². The van der Waals surface area contributed by atoms with Gasteiger partial charge in [-0.05, 0) is 24.1 Å². The van der Waals surface area contributed by atoms with Gasteiger partial charge in [0.05, 0.1) is 5.02 Å². The number of amides is 1. The van der Waals surface area contributed by atoms with Crippen LogP contribution in [-0.2, 0) is 14.8 Å². The van der Waals surface area contributed by atoms with E-state index in [1.807, 2.05) is 0 Å². The molecule has 16 heavy (non-hydrogen) atoms. The molecule has 0 spiro atoms. The number of primary sulfonamides is 1. The lowest BCUT2D eigenvalue weighted by Gasteiger charge is -2.01. The standard InChI is InChI=1S/C9H7ClN2O3S/c10-7-5-6(2-4-9(11)13)1-3-8(7)16(12,14)15/h1,3,5H,(H2,11,13)(H2,12,14,15). The van der Waals surface area contributed by atoms with Gasteiger partial charge in [-0.15, -0.1) is 0 Å². The van der Waals surface area contributed by atoms with Crippen LogP contribution in [0.1, 0.15) is 5.56 Å². The highest BCUT2D eigenvalue weighted by Gasteiger charge is 2.12. The van der Waals surface area contributed by atoms with Crippen molar-refractivity contribution in [1.82, 2.24) is 0 Å². The van der Waals surface area contributed by atoms with E-state index in [9.17, 15) is 13.2 Å². The van der Waals surface area contributed by atoms with Gasteiger partial charge in [0.15, 0.2) is 0 Å². The van der Waals surface area contributed by atoms with Gasteiger partial charge in [-0.1, -0.05) is 17.5 Å². The highest BCUT2D eigenvalue weighted by atomic mass is 35.5. The third-order valence-corrected chi connectivity index (χ3v) is 2.96. The molecular formula is C9H7ClN2O3S. The van der Waals surface area contributed by atoms with E-state index in [1.54, 1.807) is 0 Å². The average Bonchev–Trinajstić information content (AvgIpc) is 2.12. The van der Waals surface area contributed by atoms with Gasteiger partial charge in [0.1, 0.15) is 4.90 Å². The fourth-order valence-electron chi connectivity index (χ4n) is 0.943. The molecule has 1 aromatic carbocycles. The molecule has 0 aromatic heterocycles. The summed E-state index contributed by atoms with van der Waals surface area (Å²) >= 11 is 5.69. The van der Waals surface area contributed by atoms with E-state index in [-0.39, 0.29) is 9.92 Å². The Bertz CT molecular complexity index is 599. The number of benzene rings is 1. The zero-order valence-electron chi connectivity index (χ0n) is 7.90. The van der Waals surface area contributed by atoms with E-state index in [2.05, 4.69) is 11.8 Å². The third kappa shape index (κ3) is 3.24. The van der Waals surface area contributed by atoms with Crippen LogP contribution in [0.5, 0.6) is 0 Å². The minimum absolute atomic E-state index is 0.0567. The van der Waals surface area contributed by atoms with E-state index >= 15 is 0 Å². The fourth-order valence-corrected chi connectivity index (χ4v) is 2.03. The predicted octanol–water partition coefficient (Wildman–Crippen LogP) is -0.176. The van der Waals surface area contributed by atoms with Crippen LogP contribution in [0.4, 0.5) is 0 Å². The molecule has 0 heterocycles. The number of primary amides is 1. The minimum Gasteiger partial charge on any atom is -0.359 e. The molecule has 0 fully saturated rings. The Morgan fingerprint density at radius 3 is 2.44 bits per heavy atom. The molecule has 7 heteroatoms. The van der Waals surface area contributed by atoms with Gasteiger partial charge in [0.25, 0.3) is 5.91 Å². The number of carbonyl (C=O) groups is 1. The molecule has 0 saturated heterocycles. The summed E-state index contributed by atoms with van der Waals surface area (Å²) in [5.74, 6) is 3.73. The Morgan fingerprint density at radius 1 is 1.38 bits per heavy atom. The van der Waals surface area contributed by atoms with Crippen LogP contribution in [0.15, 0.2) is 23.1 Å². The number of rotatable bonds is 1. The molecule has 0 saturated carbocycles. The second-order valence-corrected chi connectivity index (χ2v) is 4.74. The van der Waals surface area contributed by atoms with Gasteiger partial charge in [-0.2, -0.15) is 0 Å². The van der Waals surface area contributed by atoms with E-state index < -0.39 is 15.9 Å². The molecule has 0 aliphatic heterocycles. The second kappa shape index (κ2) is 4.53. The molecule has 1 rings (SSSR count). The van der Waals surface area contributed by atoms with Gasteiger partial charge in [-0.25, -0.2) is 13.6 Å². The topological polar surface area (TPSA) is 103 Å². The smallest absolute Gasteiger partial charge is 0.293 e. The van der Waals surface area contributed by atoms with Crippen LogP contribution < -0.4 is 10.9 Å². The lowest BCUT2D eigenvalue weighted by atomic mass is 10.2. The van der Waals surface area contributed by atoms with Crippen molar-refractivity contribution in [3.05, 3.63) is 28.8 Å². The summed E-state index contributed by atoms with van der Waals surface area (Å²) in [4.78, 5) is 10.2. The molecule has 0 bridgehead atoms. The molecule has 0 radical (unpaired) electrons. The SMILES string of the molecule is NC(=O)C#Cc1ccc(S(N)(=O)=O)c(Cl)c1.